The highest BCUT2D eigenvalue weighted by molar-refractivity contribution is 5.98. The van der Waals surface area contributed by atoms with E-state index >= 15 is 0 Å². The number of amides is 1. The van der Waals surface area contributed by atoms with Gasteiger partial charge in [0.15, 0.2) is 6.29 Å². The van der Waals surface area contributed by atoms with E-state index in [0.29, 0.717) is 23.2 Å². The highest BCUT2D eigenvalue weighted by Gasteiger charge is 2.17. The number of rotatable bonds is 2. The summed E-state index contributed by atoms with van der Waals surface area (Å²) in [6, 6.07) is 8.79. The van der Waals surface area contributed by atoms with Gasteiger partial charge in [-0.2, -0.15) is 0 Å². The molecule has 1 aromatic carbocycles. The van der Waals surface area contributed by atoms with Crippen LogP contribution >= 0.6 is 0 Å². The molecule has 0 unspecified atom stereocenters. The summed E-state index contributed by atoms with van der Waals surface area (Å²) in [6.45, 7) is 5.37. The first kappa shape index (κ1) is 14.0. The van der Waals surface area contributed by atoms with Gasteiger partial charge in [-0.1, -0.05) is 18.2 Å². The number of ether oxygens (including phenoxy) is 1. The smallest absolute Gasteiger partial charge is 0.412 e. The number of aldehydes is 1. The van der Waals surface area contributed by atoms with Crippen LogP contribution in [0.5, 0.6) is 0 Å². The molecule has 0 saturated carbocycles. The second-order valence-electron chi connectivity index (χ2n) is 5.36. The monoisotopic (exact) mass is 272 g/mol. The van der Waals surface area contributed by atoms with Gasteiger partial charge in [-0.3, -0.25) is 10.1 Å². The first-order valence-corrected chi connectivity index (χ1v) is 6.24. The lowest BCUT2D eigenvalue weighted by molar-refractivity contribution is 0.0636. The van der Waals surface area contributed by atoms with E-state index in [1.165, 1.54) is 0 Å². The number of hydrogen-bond donors (Lipinski definition) is 1. The number of carbonyl (C=O) groups is 2. The quantitative estimate of drug-likeness (QED) is 0.851. The van der Waals surface area contributed by atoms with Crippen LogP contribution in [0.25, 0.3) is 10.9 Å². The molecule has 104 valence electrons. The fourth-order valence-corrected chi connectivity index (χ4v) is 1.74. The Kier molecular flexibility index (Phi) is 3.70. The molecule has 0 bridgehead atoms. The molecule has 0 aliphatic carbocycles. The van der Waals surface area contributed by atoms with Gasteiger partial charge in [-0.15, -0.1) is 0 Å². The second kappa shape index (κ2) is 5.28. The van der Waals surface area contributed by atoms with Gasteiger partial charge < -0.3 is 4.74 Å². The normalized spacial score (nSPS) is 11.2. The first-order valence-electron chi connectivity index (χ1n) is 6.24. The van der Waals surface area contributed by atoms with Gasteiger partial charge >= 0.3 is 6.09 Å². The molecule has 5 heteroatoms. The predicted octanol–water partition coefficient (Wildman–Crippen LogP) is 3.39. The fraction of sp³-hybridized carbons (Fsp3) is 0.267. The third kappa shape index (κ3) is 3.32. The zero-order chi connectivity index (χ0) is 14.8. The van der Waals surface area contributed by atoms with E-state index in [2.05, 4.69) is 10.3 Å². The van der Waals surface area contributed by atoms with Crippen molar-refractivity contribution in [3.05, 3.63) is 36.0 Å². The summed E-state index contributed by atoms with van der Waals surface area (Å²) in [6.07, 6.45) is 0.118. The summed E-state index contributed by atoms with van der Waals surface area (Å²) >= 11 is 0. The van der Waals surface area contributed by atoms with E-state index < -0.39 is 11.7 Å². The summed E-state index contributed by atoms with van der Waals surface area (Å²) in [4.78, 5) is 26.8. The summed E-state index contributed by atoms with van der Waals surface area (Å²) in [5.74, 6) is 0. The van der Waals surface area contributed by atoms with Gasteiger partial charge in [-0.05, 0) is 32.9 Å². The Morgan fingerprint density at radius 3 is 2.65 bits per heavy atom. The number of benzene rings is 1. The molecule has 0 spiro atoms. The number of fused-ring (bicyclic) bond motifs is 1. The summed E-state index contributed by atoms with van der Waals surface area (Å²) in [7, 11) is 0. The minimum absolute atomic E-state index is 0.316. The molecular formula is C15H16N2O3. The lowest BCUT2D eigenvalue weighted by Gasteiger charge is -2.20. The number of pyridine rings is 1. The van der Waals surface area contributed by atoms with Crippen molar-refractivity contribution in [3.8, 4) is 0 Å². The van der Waals surface area contributed by atoms with E-state index in [9.17, 15) is 9.59 Å². The fourth-order valence-electron chi connectivity index (χ4n) is 1.74. The Balaban J connectivity index is 2.34. The van der Waals surface area contributed by atoms with Gasteiger partial charge in [-0.25, -0.2) is 9.78 Å². The standard InChI is InChI=1S/C15H16N2O3/c1-15(2,3)20-14(19)17-12-6-4-5-10-7-8-11(9-18)16-13(10)12/h4-9H,1-3H3,(H,17,19). The maximum absolute atomic E-state index is 11.8. The van der Waals surface area contributed by atoms with Crippen LogP contribution in [0.4, 0.5) is 10.5 Å². The minimum Gasteiger partial charge on any atom is -0.444 e. The van der Waals surface area contributed by atoms with E-state index in [0.717, 1.165) is 5.39 Å². The second-order valence-corrected chi connectivity index (χ2v) is 5.36. The number of hydrogen-bond acceptors (Lipinski definition) is 4. The topological polar surface area (TPSA) is 68.3 Å². The van der Waals surface area contributed by atoms with Gasteiger partial charge in [0.25, 0.3) is 0 Å². The first-order chi connectivity index (χ1) is 9.39. The van der Waals surface area contributed by atoms with Crippen LogP contribution in [-0.2, 0) is 4.74 Å². The molecule has 2 aromatic rings. The van der Waals surface area contributed by atoms with Crippen LogP contribution in [-0.4, -0.2) is 23.0 Å². The van der Waals surface area contributed by atoms with Crippen molar-refractivity contribution in [2.24, 2.45) is 0 Å². The molecule has 1 heterocycles. The lowest BCUT2D eigenvalue weighted by atomic mass is 10.1. The van der Waals surface area contributed by atoms with Gasteiger partial charge in [0, 0.05) is 5.39 Å². The molecule has 0 aliphatic heterocycles. The van der Waals surface area contributed by atoms with Crippen molar-refractivity contribution in [1.29, 1.82) is 0 Å². The van der Waals surface area contributed by atoms with Crippen LogP contribution in [0.3, 0.4) is 0 Å². The van der Waals surface area contributed by atoms with Crippen LogP contribution in [0.15, 0.2) is 30.3 Å². The van der Waals surface area contributed by atoms with Crippen molar-refractivity contribution in [2.75, 3.05) is 5.32 Å². The van der Waals surface area contributed by atoms with Gasteiger partial charge in [0.2, 0.25) is 0 Å². The average molecular weight is 272 g/mol. The van der Waals surface area contributed by atoms with Crippen molar-refractivity contribution in [1.82, 2.24) is 4.98 Å². The number of para-hydroxylation sites is 1. The maximum Gasteiger partial charge on any atom is 0.412 e. The number of nitrogens with one attached hydrogen (secondary N) is 1. The number of anilines is 1. The third-order valence-electron chi connectivity index (χ3n) is 2.50. The predicted molar refractivity (Wildman–Crippen MR) is 77.0 cm³/mol. The molecule has 5 nitrogen and oxygen atoms in total. The molecular weight excluding hydrogens is 256 g/mol. The number of aromatic nitrogens is 1. The molecule has 0 atom stereocenters. The average Bonchev–Trinajstić information content (AvgIpc) is 2.36. The number of nitrogens with zero attached hydrogens (tertiary/aromatic N) is 1. The largest absolute Gasteiger partial charge is 0.444 e. The van der Waals surface area contributed by atoms with Gasteiger partial charge in [0.1, 0.15) is 11.3 Å². The van der Waals surface area contributed by atoms with Gasteiger partial charge in [0.05, 0.1) is 11.2 Å². The third-order valence-corrected chi connectivity index (χ3v) is 2.50. The highest BCUT2D eigenvalue weighted by Crippen LogP contribution is 2.22. The molecule has 1 amide bonds. The Hall–Kier alpha value is -2.43. The van der Waals surface area contributed by atoms with E-state index in [1.54, 1.807) is 45.0 Å². The molecule has 0 radical (unpaired) electrons. The van der Waals surface area contributed by atoms with E-state index in [1.807, 2.05) is 6.07 Å². The highest BCUT2D eigenvalue weighted by atomic mass is 16.6. The molecule has 0 fully saturated rings. The number of carbonyl (C=O) groups excluding carboxylic acids is 2. The van der Waals surface area contributed by atoms with Crippen LogP contribution in [0.1, 0.15) is 31.3 Å². The molecule has 1 aromatic heterocycles. The van der Waals surface area contributed by atoms with E-state index in [-0.39, 0.29) is 0 Å². The Labute approximate surface area is 117 Å². The maximum atomic E-state index is 11.8. The SMILES string of the molecule is CC(C)(C)OC(=O)Nc1cccc2ccc(C=O)nc12. The van der Waals surface area contributed by atoms with E-state index in [4.69, 9.17) is 4.74 Å². The zero-order valence-corrected chi connectivity index (χ0v) is 11.6. The summed E-state index contributed by atoms with van der Waals surface area (Å²) in [5, 5.41) is 3.49. The van der Waals surface area contributed by atoms with Crippen LogP contribution < -0.4 is 5.32 Å². The Morgan fingerprint density at radius 2 is 2.00 bits per heavy atom. The molecule has 2 rings (SSSR count). The molecule has 0 aliphatic rings. The molecule has 20 heavy (non-hydrogen) atoms. The van der Waals surface area contributed by atoms with Crippen LogP contribution in [0.2, 0.25) is 0 Å². The summed E-state index contributed by atoms with van der Waals surface area (Å²) in [5.41, 5.74) is 0.815. The zero-order valence-electron chi connectivity index (χ0n) is 11.6. The van der Waals surface area contributed by atoms with Crippen LogP contribution in [0, 0.1) is 0 Å². The van der Waals surface area contributed by atoms with Crippen molar-refractivity contribution < 1.29 is 14.3 Å². The lowest BCUT2D eigenvalue weighted by Crippen LogP contribution is -2.27. The van der Waals surface area contributed by atoms with Crippen molar-refractivity contribution >= 4 is 29.0 Å². The Bertz CT molecular complexity index is 660. The van der Waals surface area contributed by atoms with Crippen molar-refractivity contribution in [2.45, 2.75) is 26.4 Å². The minimum atomic E-state index is -0.573. The molecule has 0 saturated heterocycles. The Morgan fingerprint density at radius 1 is 1.25 bits per heavy atom. The summed E-state index contributed by atoms with van der Waals surface area (Å²) < 4.78 is 5.20. The van der Waals surface area contributed by atoms with Crippen molar-refractivity contribution in [3.63, 3.8) is 0 Å². The molecule has 1 N–H and O–H groups in total.